The fourth-order valence-corrected chi connectivity index (χ4v) is 2.38. The maximum absolute atomic E-state index is 12.2. The fourth-order valence-electron chi connectivity index (χ4n) is 2.38. The van der Waals surface area contributed by atoms with Crippen molar-refractivity contribution in [1.82, 2.24) is 10.2 Å². The highest BCUT2D eigenvalue weighted by molar-refractivity contribution is 5.68. The number of amides is 1. The van der Waals surface area contributed by atoms with Gasteiger partial charge in [-0.05, 0) is 27.2 Å². The Morgan fingerprint density at radius 2 is 2.05 bits per heavy atom. The number of carbonyl (C=O) groups is 1. The van der Waals surface area contributed by atoms with Gasteiger partial charge in [0.15, 0.2) is 0 Å². The van der Waals surface area contributed by atoms with E-state index in [0.29, 0.717) is 32.3 Å². The van der Waals surface area contributed by atoms with Crippen molar-refractivity contribution in [2.45, 2.75) is 44.9 Å². The minimum Gasteiger partial charge on any atom is -0.444 e. The minimum absolute atomic E-state index is 0.0270. The van der Waals surface area contributed by atoms with E-state index < -0.39 is 5.60 Å². The lowest BCUT2D eigenvalue weighted by Gasteiger charge is -2.37. The number of nitrogens with one attached hydrogen (secondary N) is 1. The van der Waals surface area contributed by atoms with E-state index in [9.17, 15) is 4.79 Å². The normalized spacial score (nSPS) is 27.6. The van der Waals surface area contributed by atoms with Crippen molar-refractivity contribution in [1.29, 1.82) is 0 Å². The lowest BCUT2D eigenvalue weighted by atomic mass is 10.2. The Bertz CT molecular complexity index is 324. The molecule has 0 aromatic rings. The summed E-state index contributed by atoms with van der Waals surface area (Å²) in [5.41, 5.74) is -0.466. The topological polar surface area (TPSA) is 60.0 Å². The lowest BCUT2D eigenvalue weighted by Crippen LogP contribution is -2.55. The standard InChI is InChI=1S/C14H26N2O4/c1-14(2,3)20-13(17)16-5-7-19-10-12(16)8-15-11-4-6-18-9-11/h11-12,15H,4-10H2,1-3H3. The summed E-state index contributed by atoms with van der Waals surface area (Å²) in [6.07, 6.45) is 0.773. The third kappa shape index (κ3) is 4.61. The molecule has 0 radical (unpaired) electrons. The highest BCUT2D eigenvalue weighted by atomic mass is 16.6. The summed E-state index contributed by atoms with van der Waals surface area (Å²) in [5, 5.41) is 3.44. The smallest absolute Gasteiger partial charge is 0.410 e. The SMILES string of the molecule is CC(C)(C)OC(=O)N1CCOCC1CNC1CCOC1. The lowest BCUT2D eigenvalue weighted by molar-refractivity contribution is -0.0322. The number of carbonyl (C=O) groups excluding carboxylic acids is 1. The first-order valence-corrected chi connectivity index (χ1v) is 7.34. The molecule has 0 aromatic heterocycles. The van der Waals surface area contributed by atoms with Crippen LogP contribution < -0.4 is 5.32 Å². The van der Waals surface area contributed by atoms with Crippen LogP contribution in [-0.2, 0) is 14.2 Å². The zero-order chi connectivity index (χ0) is 14.6. The van der Waals surface area contributed by atoms with Gasteiger partial charge in [-0.1, -0.05) is 0 Å². The van der Waals surface area contributed by atoms with Crippen LogP contribution >= 0.6 is 0 Å². The minimum atomic E-state index is -0.466. The van der Waals surface area contributed by atoms with Crippen LogP contribution in [-0.4, -0.2) is 68.2 Å². The Kier molecular flexibility index (Phi) is 5.23. The molecule has 116 valence electrons. The van der Waals surface area contributed by atoms with E-state index in [1.165, 1.54) is 0 Å². The van der Waals surface area contributed by atoms with Crippen molar-refractivity contribution in [2.24, 2.45) is 0 Å². The van der Waals surface area contributed by atoms with Gasteiger partial charge in [-0.3, -0.25) is 4.90 Å². The van der Waals surface area contributed by atoms with Crippen molar-refractivity contribution >= 4 is 6.09 Å². The van der Waals surface area contributed by atoms with Crippen LogP contribution in [0.2, 0.25) is 0 Å². The predicted octanol–water partition coefficient (Wildman–Crippen LogP) is 1.00. The Morgan fingerprint density at radius 3 is 2.70 bits per heavy atom. The summed E-state index contributed by atoms with van der Waals surface area (Å²) < 4.78 is 16.3. The number of morpholine rings is 1. The van der Waals surface area contributed by atoms with Crippen LogP contribution in [0, 0.1) is 0 Å². The molecule has 0 spiro atoms. The molecule has 2 saturated heterocycles. The molecule has 6 heteroatoms. The second-order valence-corrected chi connectivity index (χ2v) is 6.37. The quantitative estimate of drug-likeness (QED) is 0.839. The van der Waals surface area contributed by atoms with Crippen molar-refractivity contribution in [3.05, 3.63) is 0 Å². The summed E-state index contributed by atoms with van der Waals surface area (Å²) in [6.45, 7) is 9.64. The Morgan fingerprint density at radius 1 is 1.30 bits per heavy atom. The molecule has 0 aliphatic carbocycles. The summed E-state index contributed by atoms with van der Waals surface area (Å²) in [4.78, 5) is 14.0. The molecule has 2 aliphatic rings. The highest BCUT2D eigenvalue weighted by Crippen LogP contribution is 2.15. The maximum atomic E-state index is 12.2. The molecule has 0 saturated carbocycles. The average molecular weight is 286 g/mol. The first-order chi connectivity index (χ1) is 9.46. The van der Waals surface area contributed by atoms with Crippen LogP contribution in [0.25, 0.3) is 0 Å². The summed E-state index contributed by atoms with van der Waals surface area (Å²) in [5.74, 6) is 0. The molecule has 0 aromatic carbocycles. The number of ether oxygens (including phenoxy) is 3. The molecule has 1 N–H and O–H groups in total. The molecular formula is C14H26N2O4. The van der Waals surface area contributed by atoms with E-state index in [4.69, 9.17) is 14.2 Å². The maximum Gasteiger partial charge on any atom is 0.410 e. The third-order valence-corrected chi connectivity index (χ3v) is 3.43. The molecule has 0 bridgehead atoms. The van der Waals surface area contributed by atoms with E-state index in [1.54, 1.807) is 4.90 Å². The molecule has 2 aliphatic heterocycles. The van der Waals surface area contributed by atoms with Gasteiger partial charge in [-0.25, -0.2) is 4.79 Å². The zero-order valence-corrected chi connectivity index (χ0v) is 12.7. The largest absolute Gasteiger partial charge is 0.444 e. The van der Waals surface area contributed by atoms with Crippen molar-refractivity contribution < 1.29 is 19.0 Å². The monoisotopic (exact) mass is 286 g/mol. The fraction of sp³-hybridized carbons (Fsp3) is 0.929. The van der Waals surface area contributed by atoms with Crippen LogP contribution in [0.1, 0.15) is 27.2 Å². The second-order valence-electron chi connectivity index (χ2n) is 6.37. The molecule has 6 nitrogen and oxygen atoms in total. The van der Waals surface area contributed by atoms with Gasteiger partial charge in [0.05, 0.1) is 25.9 Å². The molecule has 2 rings (SSSR count). The molecule has 2 heterocycles. The third-order valence-electron chi connectivity index (χ3n) is 3.43. The van der Waals surface area contributed by atoms with Crippen molar-refractivity contribution in [3.63, 3.8) is 0 Å². The van der Waals surface area contributed by atoms with E-state index in [0.717, 1.165) is 19.6 Å². The molecule has 2 fully saturated rings. The molecule has 2 atom stereocenters. The molecule has 20 heavy (non-hydrogen) atoms. The zero-order valence-electron chi connectivity index (χ0n) is 12.7. The number of rotatable bonds is 3. The number of hydrogen-bond acceptors (Lipinski definition) is 5. The highest BCUT2D eigenvalue weighted by Gasteiger charge is 2.31. The van der Waals surface area contributed by atoms with E-state index >= 15 is 0 Å². The Hall–Kier alpha value is -0.850. The molecular weight excluding hydrogens is 260 g/mol. The summed E-state index contributed by atoms with van der Waals surface area (Å²) in [7, 11) is 0. The molecule has 1 amide bonds. The van der Waals surface area contributed by atoms with Gasteiger partial charge in [-0.2, -0.15) is 0 Å². The van der Waals surface area contributed by atoms with Crippen LogP contribution in [0.15, 0.2) is 0 Å². The summed E-state index contributed by atoms with van der Waals surface area (Å²) in [6, 6.07) is 0.414. The van der Waals surface area contributed by atoms with Gasteiger partial charge < -0.3 is 19.5 Å². The van der Waals surface area contributed by atoms with E-state index in [2.05, 4.69) is 5.32 Å². The van der Waals surface area contributed by atoms with Crippen LogP contribution in [0.4, 0.5) is 4.79 Å². The van der Waals surface area contributed by atoms with Gasteiger partial charge in [0, 0.05) is 25.7 Å². The van der Waals surface area contributed by atoms with Gasteiger partial charge in [0.2, 0.25) is 0 Å². The second kappa shape index (κ2) is 6.74. The van der Waals surface area contributed by atoms with E-state index in [-0.39, 0.29) is 12.1 Å². The van der Waals surface area contributed by atoms with E-state index in [1.807, 2.05) is 20.8 Å². The number of hydrogen-bond donors (Lipinski definition) is 1. The van der Waals surface area contributed by atoms with Gasteiger partial charge in [0.25, 0.3) is 0 Å². The summed E-state index contributed by atoms with van der Waals surface area (Å²) >= 11 is 0. The average Bonchev–Trinajstić information content (AvgIpc) is 2.87. The van der Waals surface area contributed by atoms with Crippen LogP contribution in [0.3, 0.4) is 0 Å². The van der Waals surface area contributed by atoms with Crippen molar-refractivity contribution in [3.8, 4) is 0 Å². The van der Waals surface area contributed by atoms with Gasteiger partial charge in [0.1, 0.15) is 5.60 Å². The Balaban J connectivity index is 1.85. The van der Waals surface area contributed by atoms with Gasteiger partial charge in [-0.15, -0.1) is 0 Å². The molecule has 2 unspecified atom stereocenters. The van der Waals surface area contributed by atoms with Crippen LogP contribution in [0.5, 0.6) is 0 Å². The first-order valence-electron chi connectivity index (χ1n) is 7.34. The predicted molar refractivity (Wildman–Crippen MR) is 74.8 cm³/mol. The number of nitrogens with zero attached hydrogens (tertiary/aromatic N) is 1. The van der Waals surface area contributed by atoms with Crippen molar-refractivity contribution in [2.75, 3.05) is 39.5 Å². The first kappa shape index (κ1) is 15.5. The Labute approximate surface area is 120 Å². The van der Waals surface area contributed by atoms with Gasteiger partial charge >= 0.3 is 6.09 Å².